The van der Waals surface area contributed by atoms with Gasteiger partial charge in [-0.25, -0.2) is 13.8 Å². The highest BCUT2D eigenvalue weighted by Crippen LogP contribution is 2.28. The zero-order valence-corrected chi connectivity index (χ0v) is 16.0. The molecule has 0 saturated heterocycles. The van der Waals surface area contributed by atoms with Crippen molar-refractivity contribution >= 4 is 11.7 Å². The Morgan fingerprint density at radius 1 is 1.27 bits per heavy atom. The van der Waals surface area contributed by atoms with Gasteiger partial charge in [-0.3, -0.25) is 19.7 Å². The van der Waals surface area contributed by atoms with E-state index in [0.29, 0.717) is 17.1 Å². The van der Waals surface area contributed by atoms with E-state index < -0.39 is 29.8 Å². The number of aliphatic hydroxyl groups excluding tert-OH is 1. The molecular weight excluding hydrogens is 396 g/mol. The molecule has 3 aromatic rings. The van der Waals surface area contributed by atoms with Gasteiger partial charge in [0.25, 0.3) is 0 Å². The second kappa shape index (κ2) is 8.17. The first kappa shape index (κ1) is 19.9. The number of pyridine rings is 1. The maximum Gasteiger partial charge on any atom is 0.248 e. The third-order valence-corrected chi connectivity index (χ3v) is 4.75. The summed E-state index contributed by atoms with van der Waals surface area (Å²) in [5, 5.41) is 17.1. The molecule has 2 atom stereocenters. The maximum atomic E-state index is 14.4. The third-order valence-electron chi connectivity index (χ3n) is 4.75. The number of halogens is 2. The number of aromatic nitrogens is 3. The number of amides is 1. The zero-order chi connectivity index (χ0) is 21.3. The Hall–Kier alpha value is -3.37. The number of hydrogen-bond acceptors (Lipinski definition) is 6. The molecule has 3 heterocycles. The molecule has 0 spiro atoms. The summed E-state index contributed by atoms with van der Waals surface area (Å²) < 4.78 is 35.0. The Balaban J connectivity index is 1.49. The van der Waals surface area contributed by atoms with E-state index in [2.05, 4.69) is 15.4 Å². The topological polar surface area (TPSA) is 92.5 Å². The number of benzene rings is 1. The van der Waals surface area contributed by atoms with Crippen LogP contribution in [-0.2, 0) is 11.3 Å². The number of fused-ring (bicyclic) bond motifs is 1. The summed E-state index contributed by atoms with van der Waals surface area (Å²) in [7, 11) is 1.54. The molecule has 1 unspecified atom stereocenters. The van der Waals surface area contributed by atoms with E-state index in [9.17, 15) is 18.7 Å². The molecule has 2 N–H and O–H groups in total. The lowest BCUT2D eigenvalue weighted by Crippen LogP contribution is -2.48. The van der Waals surface area contributed by atoms with Gasteiger partial charge in [0.1, 0.15) is 24.2 Å². The highest BCUT2D eigenvalue weighted by atomic mass is 19.1. The summed E-state index contributed by atoms with van der Waals surface area (Å²) in [6.07, 6.45) is 1.02. The summed E-state index contributed by atoms with van der Waals surface area (Å²) >= 11 is 0. The molecule has 0 bridgehead atoms. The molecule has 1 aliphatic heterocycles. The van der Waals surface area contributed by atoms with Gasteiger partial charge < -0.3 is 9.84 Å². The molecule has 30 heavy (non-hydrogen) atoms. The fraction of sp³-hybridized carbons (Fsp3) is 0.250. The SMILES string of the molecule is CN1C(=O)[C@@H](NC(O)c2nn(Cc3ccccc3F)cc2F)COc2cccnc21. The second-order valence-electron chi connectivity index (χ2n) is 6.81. The Morgan fingerprint density at radius 2 is 2.07 bits per heavy atom. The first-order valence-corrected chi connectivity index (χ1v) is 9.20. The molecule has 1 aliphatic rings. The summed E-state index contributed by atoms with van der Waals surface area (Å²) in [5.41, 5.74) is 0.0231. The highest BCUT2D eigenvalue weighted by molar-refractivity contribution is 5.97. The van der Waals surface area contributed by atoms with Crippen LogP contribution >= 0.6 is 0 Å². The monoisotopic (exact) mass is 415 g/mol. The lowest BCUT2D eigenvalue weighted by molar-refractivity contribution is -0.121. The number of nitrogens with one attached hydrogen (secondary N) is 1. The molecule has 0 radical (unpaired) electrons. The van der Waals surface area contributed by atoms with Crippen LogP contribution in [0.25, 0.3) is 0 Å². The van der Waals surface area contributed by atoms with Crippen molar-refractivity contribution in [1.82, 2.24) is 20.1 Å². The number of ether oxygens (including phenoxy) is 1. The summed E-state index contributed by atoms with van der Waals surface area (Å²) in [6.45, 7) is -0.0953. The number of aliphatic hydroxyl groups is 1. The molecule has 0 saturated carbocycles. The van der Waals surface area contributed by atoms with Crippen LogP contribution in [0.2, 0.25) is 0 Å². The van der Waals surface area contributed by atoms with Crippen LogP contribution < -0.4 is 15.0 Å². The highest BCUT2D eigenvalue weighted by Gasteiger charge is 2.32. The normalized spacial score (nSPS) is 17.3. The number of likely N-dealkylation sites (N-methyl/N-ethyl adjacent to an activating group) is 1. The zero-order valence-electron chi connectivity index (χ0n) is 16.0. The molecular formula is C20H19F2N5O3. The van der Waals surface area contributed by atoms with Crippen molar-refractivity contribution in [3.63, 3.8) is 0 Å². The quantitative estimate of drug-likeness (QED) is 0.615. The van der Waals surface area contributed by atoms with Crippen molar-refractivity contribution in [1.29, 1.82) is 0 Å². The van der Waals surface area contributed by atoms with E-state index in [4.69, 9.17) is 4.74 Å². The van der Waals surface area contributed by atoms with Gasteiger partial charge in [0.2, 0.25) is 5.91 Å². The molecule has 4 rings (SSSR count). The predicted octanol–water partition coefficient (Wildman–Crippen LogP) is 1.61. The lowest BCUT2D eigenvalue weighted by atomic mass is 10.2. The molecule has 10 heteroatoms. The molecule has 8 nitrogen and oxygen atoms in total. The van der Waals surface area contributed by atoms with Crippen LogP contribution in [0.3, 0.4) is 0 Å². The van der Waals surface area contributed by atoms with Crippen molar-refractivity contribution in [2.24, 2.45) is 0 Å². The Labute approximate surface area is 170 Å². The summed E-state index contributed by atoms with van der Waals surface area (Å²) in [5.74, 6) is -0.857. The van der Waals surface area contributed by atoms with E-state index in [1.165, 1.54) is 28.9 Å². The average Bonchev–Trinajstić information content (AvgIpc) is 3.06. The van der Waals surface area contributed by atoms with Crippen molar-refractivity contribution in [2.45, 2.75) is 18.8 Å². The Kier molecular flexibility index (Phi) is 5.42. The molecule has 2 aromatic heterocycles. The molecule has 156 valence electrons. The lowest BCUT2D eigenvalue weighted by Gasteiger charge is -2.21. The van der Waals surface area contributed by atoms with Crippen LogP contribution in [-0.4, -0.2) is 45.5 Å². The van der Waals surface area contributed by atoms with Gasteiger partial charge >= 0.3 is 0 Å². The van der Waals surface area contributed by atoms with Gasteiger partial charge in [-0.2, -0.15) is 5.10 Å². The largest absolute Gasteiger partial charge is 0.488 e. The van der Waals surface area contributed by atoms with Gasteiger partial charge in [0.15, 0.2) is 23.6 Å². The number of carbonyl (C=O) groups is 1. The van der Waals surface area contributed by atoms with E-state index in [1.54, 1.807) is 30.3 Å². The van der Waals surface area contributed by atoms with Gasteiger partial charge in [0.05, 0.1) is 12.7 Å². The Morgan fingerprint density at radius 3 is 2.87 bits per heavy atom. The fourth-order valence-electron chi connectivity index (χ4n) is 3.20. The van der Waals surface area contributed by atoms with Crippen LogP contribution in [0.1, 0.15) is 17.5 Å². The van der Waals surface area contributed by atoms with Crippen molar-refractivity contribution < 1.29 is 23.4 Å². The number of carbonyl (C=O) groups excluding carboxylic acids is 1. The number of anilines is 1. The van der Waals surface area contributed by atoms with Crippen LogP contribution in [0.4, 0.5) is 14.6 Å². The van der Waals surface area contributed by atoms with Gasteiger partial charge in [0, 0.05) is 18.8 Å². The first-order chi connectivity index (χ1) is 14.4. The van der Waals surface area contributed by atoms with Gasteiger partial charge in [-0.15, -0.1) is 0 Å². The van der Waals surface area contributed by atoms with E-state index >= 15 is 0 Å². The minimum absolute atomic E-state index is 0.00843. The summed E-state index contributed by atoms with van der Waals surface area (Å²) in [6, 6.07) is 8.47. The molecule has 0 aliphatic carbocycles. The van der Waals surface area contributed by atoms with Crippen molar-refractivity contribution in [2.75, 3.05) is 18.6 Å². The van der Waals surface area contributed by atoms with Gasteiger partial charge in [-0.1, -0.05) is 18.2 Å². The summed E-state index contributed by atoms with van der Waals surface area (Å²) in [4.78, 5) is 18.2. The van der Waals surface area contributed by atoms with Crippen molar-refractivity contribution in [3.05, 3.63) is 71.7 Å². The maximum absolute atomic E-state index is 14.4. The molecule has 1 amide bonds. The fourth-order valence-corrected chi connectivity index (χ4v) is 3.20. The third kappa shape index (κ3) is 3.87. The van der Waals surface area contributed by atoms with Crippen LogP contribution in [0.5, 0.6) is 5.75 Å². The number of nitrogens with zero attached hydrogens (tertiary/aromatic N) is 4. The number of hydrogen-bond donors (Lipinski definition) is 2. The number of rotatable bonds is 5. The van der Waals surface area contributed by atoms with Crippen molar-refractivity contribution in [3.8, 4) is 5.75 Å². The molecule has 1 aromatic carbocycles. The van der Waals surface area contributed by atoms with E-state index in [-0.39, 0.29) is 18.8 Å². The second-order valence-corrected chi connectivity index (χ2v) is 6.81. The van der Waals surface area contributed by atoms with E-state index in [1.807, 2.05) is 0 Å². The van der Waals surface area contributed by atoms with Crippen LogP contribution in [0, 0.1) is 11.6 Å². The minimum atomic E-state index is -1.58. The average molecular weight is 415 g/mol. The van der Waals surface area contributed by atoms with Crippen LogP contribution in [0.15, 0.2) is 48.8 Å². The van der Waals surface area contributed by atoms with E-state index in [0.717, 1.165) is 6.20 Å². The minimum Gasteiger partial charge on any atom is -0.488 e. The molecule has 0 fully saturated rings. The van der Waals surface area contributed by atoms with Gasteiger partial charge in [-0.05, 0) is 18.2 Å². The Bertz CT molecular complexity index is 1070. The standard InChI is InChI=1S/C20H19F2N5O3/c1-26-18-16(7-4-8-23-18)30-11-15(20(26)29)24-19(28)17-14(22)10-27(25-17)9-12-5-2-3-6-13(12)21/h2-8,10,15,19,24,28H,9,11H2,1H3/t15-,19?/m0/s1. The first-order valence-electron chi connectivity index (χ1n) is 9.20. The predicted molar refractivity (Wildman–Crippen MR) is 103 cm³/mol. The smallest absolute Gasteiger partial charge is 0.248 e.